The Kier molecular flexibility index (Phi) is 7.00. The Morgan fingerprint density at radius 3 is 2.50 bits per heavy atom. The number of imidazole rings is 1. The van der Waals surface area contributed by atoms with Crippen molar-refractivity contribution in [1.82, 2.24) is 14.5 Å². The zero-order valence-electron chi connectivity index (χ0n) is 11.1. The van der Waals surface area contributed by atoms with Gasteiger partial charge in [-0.25, -0.2) is 9.78 Å². The molecule has 120 valence electrons. The molecular formula is C14H16Cl3N3O2. The molecular weight excluding hydrogens is 349 g/mol. The summed E-state index contributed by atoms with van der Waals surface area (Å²) in [5, 5.41) is 1.09. The van der Waals surface area contributed by atoms with Crippen molar-refractivity contribution < 1.29 is 9.53 Å². The smallest absolute Gasteiger partial charge is 0.329 e. The third-order valence-corrected chi connectivity index (χ3v) is 3.47. The lowest BCUT2D eigenvalue weighted by Crippen LogP contribution is -2.33. The maximum Gasteiger partial charge on any atom is 0.329 e. The number of rotatable bonds is 4. The summed E-state index contributed by atoms with van der Waals surface area (Å²) in [5.74, 6) is 0.353. The summed E-state index contributed by atoms with van der Waals surface area (Å²) < 4.78 is 6.90. The van der Waals surface area contributed by atoms with Gasteiger partial charge in [-0.2, -0.15) is 0 Å². The highest BCUT2D eigenvalue weighted by atomic mass is 35.5. The van der Waals surface area contributed by atoms with Crippen molar-refractivity contribution in [2.24, 2.45) is 0 Å². The van der Waals surface area contributed by atoms with Crippen LogP contribution in [0.2, 0.25) is 15.1 Å². The molecule has 0 fully saturated rings. The topological polar surface area (TPSA) is 47.4 Å². The van der Waals surface area contributed by atoms with Gasteiger partial charge in [0, 0.05) is 24.5 Å². The van der Waals surface area contributed by atoms with Gasteiger partial charge in [0.2, 0.25) is 0 Å². The second-order valence-corrected chi connectivity index (χ2v) is 5.47. The number of carbonyl (C=O) groups is 1. The SMILES string of the molecule is C.CN(CCOc1c(Cl)cc(Cl)cc1Cl)C(=O)n1ccnc1. The number of aromatic nitrogens is 2. The first-order chi connectivity index (χ1) is 9.99. The number of nitrogens with zero attached hydrogens (tertiary/aromatic N) is 3. The Morgan fingerprint density at radius 2 is 1.95 bits per heavy atom. The summed E-state index contributed by atoms with van der Waals surface area (Å²) in [6, 6.07) is 2.89. The maximum absolute atomic E-state index is 12.0. The number of amides is 1. The average Bonchev–Trinajstić information content (AvgIpc) is 2.94. The van der Waals surface area contributed by atoms with E-state index in [1.807, 2.05) is 0 Å². The van der Waals surface area contributed by atoms with Crippen LogP contribution < -0.4 is 4.74 Å². The van der Waals surface area contributed by atoms with Crippen molar-refractivity contribution in [2.45, 2.75) is 7.43 Å². The van der Waals surface area contributed by atoms with Gasteiger partial charge in [-0.05, 0) is 12.1 Å². The largest absolute Gasteiger partial charge is 0.489 e. The molecule has 22 heavy (non-hydrogen) atoms. The first kappa shape index (κ1) is 18.6. The van der Waals surface area contributed by atoms with Gasteiger partial charge in [-0.15, -0.1) is 0 Å². The Bertz CT molecular complexity index is 609. The third-order valence-electron chi connectivity index (χ3n) is 2.69. The summed E-state index contributed by atoms with van der Waals surface area (Å²) in [6.45, 7) is 0.615. The van der Waals surface area contributed by atoms with E-state index in [9.17, 15) is 4.79 Å². The third kappa shape index (κ3) is 4.53. The second kappa shape index (κ2) is 8.27. The van der Waals surface area contributed by atoms with Crippen LogP contribution in [-0.4, -0.2) is 40.7 Å². The monoisotopic (exact) mass is 363 g/mol. The number of hydrogen-bond donors (Lipinski definition) is 0. The van der Waals surface area contributed by atoms with E-state index in [1.54, 1.807) is 25.4 Å². The molecule has 0 aliphatic rings. The molecule has 0 atom stereocenters. The maximum atomic E-state index is 12.0. The van der Waals surface area contributed by atoms with Gasteiger partial charge in [-0.1, -0.05) is 42.2 Å². The number of hydrogen-bond acceptors (Lipinski definition) is 3. The summed E-state index contributed by atoms with van der Waals surface area (Å²) in [6.07, 6.45) is 4.55. The highest BCUT2D eigenvalue weighted by Crippen LogP contribution is 2.35. The number of ether oxygens (including phenoxy) is 1. The second-order valence-electron chi connectivity index (χ2n) is 4.22. The van der Waals surface area contributed by atoms with Gasteiger partial charge in [0.05, 0.1) is 16.6 Å². The predicted molar refractivity (Wildman–Crippen MR) is 89.3 cm³/mol. The van der Waals surface area contributed by atoms with Crippen LogP contribution in [0.4, 0.5) is 4.79 Å². The summed E-state index contributed by atoms with van der Waals surface area (Å²) >= 11 is 17.8. The zero-order valence-corrected chi connectivity index (χ0v) is 13.4. The van der Waals surface area contributed by atoms with Crippen molar-refractivity contribution in [1.29, 1.82) is 0 Å². The molecule has 1 amide bonds. The minimum Gasteiger partial charge on any atom is -0.489 e. The minimum atomic E-state index is -0.204. The van der Waals surface area contributed by atoms with E-state index in [-0.39, 0.29) is 20.1 Å². The van der Waals surface area contributed by atoms with E-state index in [0.29, 0.717) is 27.4 Å². The molecule has 1 heterocycles. The molecule has 0 unspecified atom stereocenters. The molecule has 0 aliphatic carbocycles. The van der Waals surface area contributed by atoms with Crippen LogP contribution in [0.3, 0.4) is 0 Å². The standard InChI is InChI=1S/C13H12Cl3N3O2.CH4/c1-18(13(20)19-3-2-17-8-19)4-5-21-12-10(15)6-9(14)7-11(12)16;/h2-3,6-8H,4-5H2,1H3;1H4. The molecule has 0 saturated heterocycles. The van der Waals surface area contributed by atoms with E-state index in [1.165, 1.54) is 22.0 Å². The van der Waals surface area contributed by atoms with Gasteiger partial charge in [0.25, 0.3) is 0 Å². The molecule has 0 N–H and O–H groups in total. The molecule has 0 aliphatic heterocycles. The van der Waals surface area contributed by atoms with E-state index in [4.69, 9.17) is 39.5 Å². The summed E-state index contributed by atoms with van der Waals surface area (Å²) in [4.78, 5) is 17.3. The van der Waals surface area contributed by atoms with Crippen LogP contribution >= 0.6 is 34.8 Å². The molecule has 0 spiro atoms. The predicted octanol–water partition coefficient (Wildman–Crippen LogP) is 4.46. The van der Waals surface area contributed by atoms with Crippen LogP contribution in [0.25, 0.3) is 0 Å². The molecule has 8 heteroatoms. The number of halogens is 3. The van der Waals surface area contributed by atoms with Gasteiger partial charge in [0.1, 0.15) is 12.9 Å². The molecule has 1 aromatic heterocycles. The molecule has 1 aromatic carbocycles. The van der Waals surface area contributed by atoms with Gasteiger partial charge in [-0.3, -0.25) is 4.57 Å². The fourth-order valence-corrected chi connectivity index (χ4v) is 2.54. The van der Waals surface area contributed by atoms with E-state index >= 15 is 0 Å². The Labute approximate surface area is 144 Å². The van der Waals surface area contributed by atoms with Crippen LogP contribution in [-0.2, 0) is 0 Å². The molecule has 2 rings (SSSR count). The number of carbonyl (C=O) groups excluding carboxylic acids is 1. The minimum absolute atomic E-state index is 0. The lowest BCUT2D eigenvalue weighted by molar-refractivity contribution is 0.197. The van der Waals surface area contributed by atoms with Crippen LogP contribution in [0.5, 0.6) is 5.75 Å². The van der Waals surface area contributed by atoms with Gasteiger partial charge in [0.15, 0.2) is 5.75 Å². The molecule has 2 aromatic rings. The van der Waals surface area contributed by atoms with Crippen molar-refractivity contribution in [3.05, 3.63) is 45.9 Å². The fraction of sp³-hybridized carbons (Fsp3) is 0.286. The average molecular weight is 365 g/mol. The number of benzene rings is 1. The normalized spacial score (nSPS) is 10.0. The first-order valence-electron chi connectivity index (χ1n) is 6.00. The lowest BCUT2D eigenvalue weighted by Gasteiger charge is -2.18. The summed E-state index contributed by atoms with van der Waals surface area (Å²) in [7, 11) is 1.66. The lowest BCUT2D eigenvalue weighted by atomic mass is 10.3. The Morgan fingerprint density at radius 1 is 1.32 bits per heavy atom. The highest BCUT2D eigenvalue weighted by Gasteiger charge is 2.12. The van der Waals surface area contributed by atoms with E-state index < -0.39 is 0 Å². The number of likely N-dealkylation sites (N-methyl/N-ethyl adjacent to an activating group) is 1. The molecule has 0 bridgehead atoms. The Balaban J connectivity index is 0.00000242. The van der Waals surface area contributed by atoms with Crippen molar-refractivity contribution in [2.75, 3.05) is 20.2 Å². The van der Waals surface area contributed by atoms with Crippen molar-refractivity contribution in [3.8, 4) is 5.75 Å². The zero-order chi connectivity index (χ0) is 15.4. The molecule has 0 saturated carbocycles. The van der Waals surface area contributed by atoms with Crippen LogP contribution in [0.15, 0.2) is 30.9 Å². The fourth-order valence-electron chi connectivity index (χ4n) is 1.62. The first-order valence-corrected chi connectivity index (χ1v) is 7.13. The van der Waals surface area contributed by atoms with Crippen LogP contribution in [0, 0.1) is 0 Å². The summed E-state index contributed by atoms with van der Waals surface area (Å²) in [5.41, 5.74) is 0. The molecule has 0 radical (unpaired) electrons. The van der Waals surface area contributed by atoms with E-state index in [0.717, 1.165) is 0 Å². The van der Waals surface area contributed by atoms with Crippen molar-refractivity contribution in [3.63, 3.8) is 0 Å². The van der Waals surface area contributed by atoms with Crippen LogP contribution in [0.1, 0.15) is 7.43 Å². The van der Waals surface area contributed by atoms with Crippen molar-refractivity contribution >= 4 is 40.8 Å². The highest BCUT2D eigenvalue weighted by molar-refractivity contribution is 6.40. The van der Waals surface area contributed by atoms with Gasteiger partial charge >= 0.3 is 6.03 Å². The quantitative estimate of drug-likeness (QED) is 0.805. The molecule has 5 nitrogen and oxygen atoms in total. The van der Waals surface area contributed by atoms with Gasteiger partial charge < -0.3 is 9.64 Å². The van der Waals surface area contributed by atoms with E-state index in [2.05, 4.69) is 4.98 Å². The Hall–Kier alpha value is -1.43.